The first-order valence-electron chi connectivity index (χ1n) is 5.82. The van der Waals surface area contributed by atoms with Gasteiger partial charge in [0.05, 0.1) is 6.26 Å². The number of hydrogen-bond donors (Lipinski definition) is 1. The lowest BCUT2D eigenvalue weighted by atomic mass is 10.3. The van der Waals surface area contributed by atoms with Crippen LogP contribution in [-0.4, -0.2) is 22.0 Å². The van der Waals surface area contributed by atoms with E-state index in [1.807, 2.05) is 12.1 Å². The summed E-state index contributed by atoms with van der Waals surface area (Å²) in [6, 6.07) is 3.97. The Morgan fingerprint density at radius 3 is 3.00 bits per heavy atom. The summed E-state index contributed by atoms with van der Waals surface area (Å²) >= 11 is 5.15. The van der Waals surface area contributed by atoms with Gasteiger partial charge in [-0.05, 0) is 49.3 Å². The molecule has 0 unspecified atom stereocenters. The number of carbonyl (C=O) groups is 1. The second-order valence-corrected chi connectivity index (χ2v) is 4.68. The Morgan fingerprint density at radius 1 is 1.50 bits per heavy atom. The van der Waals surface area contributed by atoms with Gasteiger partial charge in [0.1, 0.15) is 11.5 Å². The third-order valence-corrected chi connectivity index (χ3v) is 3.19. The summed E-state index contributed by atoms with van der Waals surface area (Å²) < 4.78 is 5.16. The summed E-state index contributed by atoms with van der Waals surface area (Å²) in [7, 11) is 0. The highest BCUT2D eigenvalue weighted by atomic mass is 32.1. The fourth-order valence-electron chi connectivity index (χ4n) is 1.85. The second-order valence-electron chi connectivity index (χ2n) is 4.29. The van der Waals surface area contributed by atoms with Crippen molar-refractivity contribution in [3.63, 3.8) is 0 Å². The number of nitrogens with one attached hydrogen (secondary N) is 1. The van der Waals surface area contributed by atoms with Gasteiger partial charge in [-0.1, -0.05) is 6.08 Å². The number of hydrogen-bond acceptors (Lipinski definition) is 3. The molecule has 1 saturated carbocycles. The molecule has 0 bridgehead atoms. The molecular weight excluding hydrogens is 248 g/mol. The van der Waals surface area contributed by atoms with E-state index in [1.165, 1.54) is 0 Å². The molecule has 1 N–H and O–H groups in total. The van der Waals surface area contributed by atoms with Gasteiger partial charge in [0, 0.05) is 6.04 Å². The molecule has 1 aromatic rings. The van der Waals surface area contributed by atoms with E-state index in [0.29, 0.717) is 16.9 Å². The number of nitrogens with zero attached hydrogens (tertiary/aromatic N) is 1. The Labute approximate surface area is 110 Å². The predicted octanol–water partition coefficient (Wildman–Crippen LogP) is 2.06. The van der Waals surface area contributed by atoms with Gasteiger partial charge in [-0.15, -0.1) is 0 Å². The molecule has 92 valence electrons. The van der Waals surface area contributed by atoms with Gasteiger partial charge in [0.15, 0.2) is 5.11 Å². The third kappa shape index (κ3) is 2.09. The van der Waals surface area contributed by atoms with Crippen molar-refractivity contribution >= 4 is 29.3 Å². The molecule has 3 rings (SSSR count). The van der Waals surface area contributed by atoms with Crippen LogP contribution in [-0.2, 0) is 4.79 Å². The summed E-state index contributed by atoms with van der Waals surface area (Å²) in [6.07, 6.45) is 8.99. The smallest absolute Gasteiger partial charge is 0.276 e. The van der Waals surface area contributed by atoms with E-state index >= 15 is 0 Å². The first kappa shape index (κ1) is 11.2. The first-order chi connectivity index (χ1) is 8.75. The lowest BCUT2D eigenvalue weighted by molar-refractivity contribution is -0.122. The summed E-state index contributed by atoms with van der Waals surface area (Å²) in [5, 5.41) is 3.46. The Balaban J connectivity index is 1.73. The minimum atomic E-state index is -0.0356. The summed E-state index contributed by atoms with van der Waals surface area (Å²) in [4.78, 5) is 13.7. The maximum atomic E-state index is 12.0. The van der Waals surface area contributed by atoms with Gasteiger partial charge in [0.2, 0.25) is 0 Å². The number of rotatable bonds is 3. The number of allylic oxidation sites excluding steroid dienone is 2. The Bertz CT molecular complexity index is 541. The van der Waals surface area contributed by atoms with Crippen LogP contribution < -0.4 is 5.32 Å². The molecule has 1 amide bonds. The van der Waals surface area contributed by atoms with Gasteiger partial charge in [-0.2, -0.15) is 0 Å². The zero-order valence-electron chi connectivity index (χ0n) is 9.63. The normalized spacial score (nSPS) is 22.2. The van der Waals surface area contributed by atoms with Gasteiger partial charge in [-0.3, -0.25) is 9.69 Å². The average molecular weight is 260 g/mol. The van der Waals surface area contributed by atoms with E-state index in [2.05, 4.69) is 5.32 Å². The van der Waals surface area contributed by atoms with Gasteiger partial charge >= 0.3 is 0 Å². The molecule has 0 atom stereocenters. The predicted molar refractivity (Wildman–Crippen MR) is 71.4 cm³/mol. The largest absolute Gasteiger partial charge is 0.465 e. The Hall–Kier alpha value is -1.88. The van der Waals surface area contributed by atoms with Crippen LogP contribution in [0.5, 0.6) is 0 Å². The van der Waals surface area contributed by atoms with Crippen LogP contribution in [0.3, 0.4) is 0 Å². The maximum Gasteiger partial charge on any atom is 0.276 e. The molecule has 1 saturated heterocycles. The average Bonchev–Trinajstić information content (AvgIpc) is 2.95. The zero-order chi connectivity index (χ0) is 12.5. The van der Waals surface area contributed by atoms with E-state index in [4.69, 9.17) is 16.6 Å². The van der Waals surface area contributed by atoms with E-state index in [1.54, 1.807) is 29.4 Å². The number of carbonyl (C=O) groups excluding carboxylic acids is 1. The third-order valence-electron chi connectivity index (χ3n) is 2.89. The summed E-state index contributed by atoms with van der Waals surface area (Å²) in [5.41, 5.74) is 0.523. The quantitative estimate of drug-likeness (QED) is 0.667. The van der Waals surface area contributed by atoms with Crippen molar-refractivity contribution in [3.8, 4) is 0 Å². The highest BCUT2D eigenvalue weighted by Gasteiger charge is 2.40. The lowest BCUT2D eigenvalue weighted by Gasteiger charge is -2.11. The minimum absolute atomic E-state index is 0.0356. The van der Waals surface area contributed by atoms with E-state index in [-0.39, 0.29) is 5.91 Å². The molecule has 18 heavy (non-hydrogen) atoms. The van der Waals surface area contributed by atoms with Crippen LogP contribution >= 0.6 is 12.2 Å². The molecule has 0 aromatic carbocycles. The Kier molecular flexibility index (Phi) is 2.76. The molecule has 1 aliphatic carbocycles. The van der Waals surface area contributed by atoms with Crippen molar-refractivity contribution in [2.45, 2.75) is 18.9 Å². The molecule has 0 radical (unpaired) electrons. The van der Waals surface area contributed by atoms with Crippen molar-refractivity contribution in [3.05, 3.63) is 42.0 Å². The Morgan fingerprint density at radius 2 is 2.33 bits per heavy atom. The molecule has 1 aliphatic heterocycles. The SMILES string of the molecule is O=C1/C(=C\C=C\c2ccco2)NC(=S)N1C1CC1. The van der Waals surface area contributed by atoms with Crippen molar-refractivity contribution in [1.82, 2.24) is 10.2 Å². The molecule has 4 nitrogen and oxygen atoms in total. The number of furan rings is 1. The van der Waals surface area contributed by atoms with Crippen LogP contribution in [0.2, 0.25) is 0 Å². The van der Waals surface area contributed by atoms with E-state index in [0.717, 1.165) is 18.6 Å². The lowest BCUT2D eigenvalue weighted by Crippen LogP contribution is -2.32. The molecular formula is C13H12N2O2S. The monoisotopic (exact) mass is 260 g/mol. The maximum absolute atomic E-state index is 12.0. The molecule has 2 heterocycles. The molecule has 0 spiro atoms. The fraction of sp³-hybridized carbons (Fsp3) is 0.231. The van der Waals surface area contributed by atoms with Crippen molar-refractivity contribution in [1.29, 1.82) is 0 Å². The summed E-state index contributed by atoms with van der Waals surface area (Å²) in [6.45, 7) is 0. The van der Waals surface area contributed by atoms with Crippen LogP contribution in [0.25, 0.3) is 6.08 Å². The molecule has 5 heteroatoms. The molecule has 2 aliphatic rings. The highest BCUT2D eigenvalue weighted by molar-refractivity contribution is 7.80. The standard InChI is InChI=1S/C13H12N2O2S/c16-12-11(5-1-3-10-4-2-8-17-10)14-13(18)15(12)9-6-7-9/h1-5,8-9H,6-7H2,(H,14,18)/b3-1+,11-5+. The van der Waals surface area contributed by atoms with Crippen molar-refractivity contribution < 1.29 is 9.21 Å². The zero-order valence-corrected chi connectivity index (χ0v) is 10.4. The fourth-order valence-corrected chi connectivity index (χ4v) is 2.20. The van der Waals surface area contributed by atoms with Gasteiger partial charge in [-0.25, -0.2) is 0 Å². The van der Waals surface area contributed by atoms with Crippen LogP contribution in [0, 0.1) is 0 Å². The van der Waals surface area contributed by atoms with Gasteiger partial charge < -0.3 is 9.73 Å². The van der Waals surface area contributed by atoms with Gasteiger partial charge in [0.25, 0.3) is 5.91 Å². The number of amides is 1. The van der Waals surface area contributed by atoms with E-state index in [9.17, 15) is 4.79 Å². The topological polar surface area (TPSA) is 45.5 Å². The molecule has 2 fully saturated rings. The van der Waals surface area contributed by atoms with Crippen molar-refractivity contribution in [2.24, 2.45) is 0 Å². The first-order valence-corrected chi connectivity index (χ1v) is 6.23. The molecule has 1 aromatic heterocycles. The minimum Gasteiger partial charge on any atom is -0.465 e. The van der Waals surface area contributed by atoms with E-state index < -0.39 is 0 Å². The van der Waals surface area contributed by atoms with Crippen molar-refractivity contribution in [2.75, 3.05) is 0 Å². The second kappa shape index (κ2) is 4.42. The van der Waals surface area contributed by atoms with Crippen LogP contribution in [0.1, 0.15) is 18.6 Å². The van der Waals surface area contributed by atoms with Crippen LogP contribution in [0.4, 0.5) is 0 Å². The summed E-state index contributed by atoms with van der Waals surface area (Å²) in [5.74, 6) is 0.713. The van der Waals surface area contributed by atoms with Crippen LogP contribution in [0.15, 0.2) is 40.7 Å². The number of thiocarbonyl (C=S) groups is 1. The highest BCUT2D eigenvalue weighted by Crippen LogP contribution is 2.30.